The number of H-pyrrole nitrogens is 1. The molecule has 0 unspecified atom stereocenters. The van der Waals surface area contributed by atoms with Gasteiger partial charge in [-0.3, -0.25) is 4.79 Å². The molecule has 1 aliphatic rings. The van der Waals surface area contributed by atoms with E-state index in [1.54, 1.807) is 7.11 Å². The molecule has 1 saturated heterocycles. The van der Waals surface area contributed by atoms with E-state index < -0.39 is 0 Å². The zero-order valence-electron chi connectivity index (χ0n) is 16.1. The van der Waals surface area contributed by atoms with Crippen molar-refractivity contribution >= 4 is 16.9 Å². The number of carbonyl (C=O) groups is 1. The largest absolute Gasteiger partial charge is 0.491 e. The Morgan fingerprint density at radius 2 is 1.96 bits per heavy atom. The molecule has 146 valence electrons. The standard InChI is InChI=1S/C22H25N3O3/c1-27-13-14-28-18-6-4-5-17(15-18)22(26)25-11-9-16(10-12-25)21-23-19-7-2-3-8-20(19)24-21/h2-8,15-16H,9-14H2,1H3,(H,23,24). The molecule has 0 aliphatic carbocycles. The third-order valence-electron chi connectivity index (χ3n) is 5.21. The number of amides is 1. The van der Waals surface area contributed by atoms with Crippen molar-refractivity contribution < 1.29 is 14.3 Å². The molecule has 0 radical (unpaired) electrons. The van der Waals surface area contributed by atoms with Crippen LogP contribution in [0.3, 0.4) is 0 Å². The maximum Gasteiger partial charge on any atom is 0.253 e. The molecule has 6 nitrogen and oxygen atoms in total. The zero-order chi connectivity index (χ0) is 19.3. The van der Waals surface area contributed by atoms with E-state index in [-0.39, 0.29) is 5.91 Å². The van der Waals surface area contributed by atoms with Crippen molar-refractivity contribution in [1.29, 1.82) is 0 Å². The summed E-state index contributed by atoms with van der Waals surface area (Å²) in [6, 6.07) is 15.5. The number of aromatic nitrogens is 2. The van der Waals surface area contributed by atoms with Crippen molar-refractivity contribution in [2.45, 2.75) is 18.8 Å². The first-order chi connectivity index (χ1) is 13.7. The van der Waals surface area contributed by atoms with E-state index in [1.165, 1.54) is 0 Å². The first-order valence-electron chi connectivity index (χ1n) is 9.70. The van der Waals surface area contributed by atoms with Gasteiger partial charge < -0.3 is 19.4 Å². The number of piperidine rings is 1. The van der Waals surface area contributed by atoms with Crippen LogP contribution in [0.15, 0.2) is 48.5 Å². The molecule has 0 saturated carbocycles. The number of nitrogens with one attached hydrogen (secondary N) is 1. The van der Waals surface area contributed by atoms with Crippen LogP contribution in [-0.2, 0) is 4.74 Å². The van der Waals surface area contributed by atoms with Crippen molar-refractivity contribution in [3.63, 3.8) is 0 Å². The van der Waals surface area contributed by atoms with Gasteiger partial charge >= 0.3 is 0 Å². The fourth-order valence-corrected chi connectivity index (χ4v) is 3.67. The Morgan fingerprint density at radius 1 is 1.14 bits per heavy atom. The third kappa shape index (κ3) is 4.02. The summed E-state index contributed by atoms with van der Waals surface area (Å²) in [7, 11) is 1.64. The Labute approximate surface area is 164 Å². The number of aromatic amines is 1. The number of methoxy groups -OCH3 is 1. The molecule has 1 amide bonds. The summed E-state index contributed by atoms with van der Waals surface area (Å²) in [6.45, 7) is 2.45. The molecule has 1 fully saturated rings. The van der Waals surface area contributed by atoms with Gasteiger partial charge in [-0.15, -0.1) is 0 Å². The number of nitrogens with zero attached hydrogens (tertiary/aromatic N) is 2. The molecule has 6 heteroatoms. The summed E-state index contributed by atoms with van der Waals surface area (Å²) in [4.78, 5) is 23.0. The van der Waals surface area contributed by atoms with E-state index in [0.717, 1.165) is 42.8 Å². The zero-order valence-corrected chi connectivity index (χ0v) is 16.1. The number of para-hydroxylation sites is 2. The van der Waals surface area contributed by atoms with Gasteiger partial charge in [-0.25, -0.2) is 4.98 Å². The van der Waals surface area contributed by atoms with Crippen LogP contribution in [0.5, 0.6) is 5.75 Å². The van der Waals surface area contributed by atoms with Crippen LogP contribution in [0.1, 0.15) is 34.9 Å². The Morgan fingerprint density at radius 3 is 2.75 bits per heavy atom. The molecule has 4 rings (SSSR count). The summed E-state index contributed by atoms with van der Waals surface area (Å²) in [6.07, 6.45) is 1.82. The second-order valence-electron chi connectivity index (χ2n) is 7.07. The topological polar surface area (TPSA) is 67.5 Å². The molecular formula is C22H25N3O3. The molecule has 0 bridgehead atoms. The number of carbonyl (C=O) groups excluding carboxylic acids is 1. The number of hydrogen-bond acceptors (Lipinski definition) is 4. The van der Waals surface area contributed by atoms with Gasteiger partial charge in [-0.2, -0.15) is 0 Å². The van der Waals surface area contributed by atoms with Crippen LogP contribution in [0.4, 0.5) is 0 Å². The molecule has 3 aromatic rings. The highest BCUT2D eigenvalue weighted by Crippen LogP contribution is 2.28. The van der Waals surface area contributed by atoms with Crippen molar-refractivity contribution in [1.82, 2.24) is 14.9 Å². The predicted molar refractivity (Wildman–Crippen MR) is 108 cm³/mol. The quantitative estimate of drug-likeness (QED) is 0.665. The van der Waals surface area contributed by atoms with E-state index in [9.17, 15) is 4.79 Å². The van der Waals surface area contributed by atoms with Crippen molar-refractivity contribution in [2.75, 3.05) is 33.4 Å². The third-order valence-corrected chi connectivity index (χ3v) is 5.21. The monoisotopic (exact) mass is 379 g/mol. The lowest BCUT2D eigenvalue weighted by Gasteiger charge is -2.31. The number of benzene rings is 2. The summed E-state index contributed by atoms with van der Waals surface area (Å²) in [5.41, 5.74) is 2.74. The maximum atomic E-state index is 12.9. The van der Waals surface area contributed by atoms with E-state index in [1.807, 2.05) is 53.4 Å². The molecule has 1 aliphatic heterocycles. The number of hydrogen-bond donors (Lipinski definition) is 1. The second-order valence-corrected chi connectivity index (χ2v) is 7.07. The van der Waals surface area contributed by atoms with Crippen LogP contribution < -0.4 is 4.74 Å². The SMILES string of the molecule is COCCOc1cccc(C(=O)N2CCC(c3nc4ccccc4[nH]3)CC2)c1. The molecule has 1 N–H and O–H groups in total. The van der Waals surface area contributed by atoms with Crippen LogP contribution in [0.25, 0.3) is 11.0 Å². The van der Waals surface area contributed by atoms with Crippen molar-refractivity contribution in [3.05, 3.63) is 59.9 Å². The molecule has 0 atom stereocenters. The average molecular weight is 379 g/mol. The molecule has 0 spiro atoms. The van der Waals surface area contributed by atoms with Gasteiger partial charge in [0.2, 0.25) is 0 Å². The molecule has 1 aromatic heterocycles. The first-order valence-corrected chi connectivity index (χ1v) is 9.70. The minimum Gasteiger partial charge on any atom is -0.491 e. The second kappa shape index (κ2) is 8.44. The van der Waals surface area contributed by atoms with Crippen molar-refractivity contribution in [3.8, 4) is 5.75 Å². The summed E-state index contributed by atoms with van der Waals surface area (Å²) in [5, 5.41) is 0. The summed E-state index contributed by atoms with van der Waals surface area (Å²) < 4.78 is 10.6. The van der Waals surface area contributed by atoms with Gasteiger partial charge in [0, 0.05) is 31.7 Å². The van der Waals surface area contributed by atoms with E-state index in [0.29, 0.717) is 30.4 Å². The fraction of sp³-hybridized carbons (Fsp3) is 0.364. The smallest absolute Gasteiger partial charge is 0.253 e. The minimum absolute atomic E-state index is 0.0558. The number of fused-ring (bicyclic) bond motifs is 1. The molecule has 2 heterocycles. The minimum atomic E-state index is 0.0558. The fourth-order valence-electron chi connectivity index (χ4n) is 3.67. The molecular weight excluding hydrogens is 354 g/mol. The van der Waals surface area contributed by atoms with E-state index in [2.05, 4.69) is 4.98 Å². The Kier molecular flexibility index (Phi) is 5.58. The lowest BCUT2D eigenvalue weighted by molar-refractivity contribution is 0.0710. The summed E-state index contributed by atoms with van der Waals surface area (Å²) in [5.74, 6) is 2.14. The maximum absolute atomic E-state index is 12.9. The lowest BCUT2D eigenvalue weighted by atomic mass is 9.95. The number of ether oxygens (including phenoxy) is 2. The van der Waals surface area contributed by atoms with Crippen molar-refractivity contribution in [2.24, 2.45) is 0 Å². The lowest BCUT2D eigenvalue weighted by Crippen LogP contribution is -2.38. The number of likely N-dealkylation sites (tertiary alicyclic amines) is 1. The van der Waals surface area contributed by atoms with Gasteiger partial charge in [0.05, 0.1) is 17.6 Å². The average Bonchev–Trinajstić information content (AvgIpc) is 3.18. The van der Waals surface area contributed by atoms with Crippen LogP contribution in [0.2, 0.25) is 0 Å². The molecule has 28 heavy (non-hydrogen) atoms. The highest BCUT2D eigenvalue weighted by molar-refractivity contribution is 5.94. The Balaban J connectivity index is 1.38. The van der Waals surface area contributed by atoms with Crippen LogP contribution in [0, 0.1) is 0 Å². The van der Waals surface area contributed by atoms with E-state index >= 15 is 0 Å². The molecule has 2 aromatic carbocycles. The predicted octanol–water partition coefficient (Wildman–Crippen LogP) is 3.61. The number of imidazole rings is 1. The van der Waals surface area contributed by atoms with E-state index in [4.69, 9.17) is 14.5 Å². The highest BCUT2D eigenvalue weighted by atomic mass is 16.5. The first kappa shape index (κ1) is 18.5. The van der Waals surface area contributed by atoms with Gasteiger partial charge in [0.15, 0.2) is 0 Å². The van der Waals surface area contributed by atoms with Gasteiger partial charge in [-0.1, -0.05) is 18.2 Å². The van der Waals surface area contributed by atoms with Gasteiger partial charge in [0.25, 0.3) is 5.91 Å². The normalized spacial score (nSPS) is 15.1. The van der Waals surface area contributed by atoms with Crippen LogP contribution >= 0.6 is 0 Å². The van der Waals surface area contributed by atoms with Gasteiger partial charge in [-0.05, 0) is 43.2 Å². The Hall–Kier alpha value is -2.86. The highest BCUT2D eigenvalue weighted by Gasteiger charge is 2.26. The Bertz CT molecular complexity index is 912. The summed E-state index contributed by atoms with van der Waals surface area (Å²) >= 11 is 0. The van der Waals surface area contributed by atoms with Crippen LogP contribution in [-0.4, -0.2) is 54.2 Å². The number of rotatable bonds is 6. The van der Waals surface area contributed by atoms with Gasteiger partial charge in [0.1, 0.15) is 18.2 Å².